The fourth-order valence-corrected chi connectivity index (χ4v) is 4.44. The Labute approximate surface area is 114 Å². The van der Waals surface area contributed by atoms with Gasteiger partial charge in [0.15, 0.2) is 0 Å². The number of hydrogen-bond donors (Lipinski definition) is 1. The Balaban J connectivity index is 1.63. The monoisotopic (exact) mass is 251 g/mol. The van der Waals surface area contributed by atoms with Crippen LogP contribution >= 0.6 is 0 Å². The molecule has 0 radical (unpaired) electrons. The molecule has 0 heterocycles. The molecule has 0 unspecified atom stereocenters. The van der Waals surface area contributed by atoms with Gasteiger partial charge in [-0.05, 0) is 49.0 Å². The zero-order valence-electron chi connectivity index (χ0n) is 13.0. The molecule has 1 nitrogen and oxygen atoms in total. The van der Waals surface area contributed by atoms with Crippen LogP contribution < -0.4 is 5.32 Å². The Bertz CT molecular complexity index is 258. The lowest BCUT2D eigenvalue weighted by Crippen LogP contribution is -2.60. The maximum absolute atomic E-state index is 3.85. The molecule has 3 fully saturated rings. The molecular formula is C17H33N. The summed E-state index contributed by atoms with van der Waals surface area (Å²) in [7, 11) is 0. The van der Waals surface area contributed by atoms with Crippen molar-refractivity contribution in [2.45, 2.75) is 78.7 Å². The van der Waals surface area contributed by atoms with Gasteiger partial charge in [0.2, 0.25) is 0 Å². The van der Waals surface area contributed by atoms with Gasteiger partial charge in [0, 0.05) is 6.04 Å². The minimum atomic E-state index is 0.638. The van der Waals surface area contributed by atoms with Crippen molar-refractivity contribution in [1.29, 1.82) is 0 Å². The van der Waals surface area contributed by atoms with E-state index in [0.29, 0.717) is 5.41 Å². The highest BCUT2D eigenvalue weighted by molar-refractivity contribution is 5.06. The molecule has 3 aliphatic rings. The van der Waals surface area contributed by atoms with Crippen molar-refractivity contribution >= 4 is 0 Å². The van der Waals surface area contributed by atoms with Gasteiger partial charge in [-0.2, -0.15) is 0 Å². The van der Waals surface area contributed by atoms with Crippen molar-refractivity contribution < 1.29 is 0 Å². The average Bonchev–Trinajstić information content (AvgIpc) is 2.34. The number of nitrogens with one attached hydrogen (secondary N) is 1. The predicted octanol–water partition coefficient (Wildman–Crippen LogP) is 4.62. The third-order valence-corrected chi connectivity index (χ3v) is 6.04. The van der Waals surface area contributed by atoms with Crippen molar-refractivity contribution in [2.24, 2.45) is 23.2 Å². The van der Waals surface area contributed by atoms with E-state index in [1.165, 1.54) is 51.5 Å². The quantitative estimate of drug-likeness (QED) is 0.651. The van der Waals surface area contributed by atoms with Gasteiger partial charge in [0.05, 0.1) is 0 Å². The first kappa shape index (κ1) is 14.4. The molecule has 4 atom stereocenters. The maximum Gasteiger partial charge on any atom is 0.00983 e. The molecule has 3 rings (SSSR count). The van der Waals surface area contributed by atoms with Gasteiger partial charge in [-0.15, -0.1) is 0 Å². The number of fused-ring (bicyclic) bond motifs is 2. The van der Waals surface area contributed by atoms with Crippen molar-refractivity contribution in [3.63, 3.8) is 0 Å². The first-order chi connectivity index (χ1) is 8.57. The molecule has 0 aromatic carbocycles. The zero-order valence-corrected chi connectivity index (χ0v) is 13.0. The third-order valence-electron chi connectivity index (χ3n) is 6.04. The molecule has 0 aliphatic heterocycles. The second-order valence-corrected chi connectivity index (χ2v) is 7.43. The van der Waals surface area contributed by atoms with E-state index in [9.17, 15) is 0 Å². The van der Waals surface area contributed by atoms with Gasteiger partial charge >= 0.3 is 0 Å². The topological polar surface area (TPSA) is 12.0 Å². The molecule has 2 bridgehead atoms. The lowest BCUT2D eigenvalue weighted by Gasteiger charge is -2.62. The van der Waals surface area contributed by atoms with E-state index in [1.54, 1.807) is 0 Å². The maximum atomic E-state index is 3.85. The first-order valence-electron chi connectivity index (χ1n) is 8.30. The summed E-state index contributed by atoms with van der Waals surface area (Å²) in [5, 5.41) is 3.85. The fraction of sp³-hybridized carbons (Fsp3) is 1.00. The van der Waals surface area contributed by atoms with Crippen molar-refractivity contribution in [1.82, 2.24) is 5.32 Å². The molecule has 0 aromatic heterocycles. The first-order valence-corrected chi connectivity index (χ1v) is 8.30. The average molecular weight is 251 g/mol. The van der Waals surface area contributed by atoms with Gasteiger partial charge in [-0.3, -0.25) is 0 Å². The second kappa shape index (κ2) is 5.94. The smallest absolute Gasteiger partial charge is 0.00983 e. The molecule has 0 saturated heterocycles. The summed E-state index contributed by atoms with van der Waals surface area (Å²) in [5.74, 6) is 2.87. The van der Waals surface area contributed by atoms with Crippen LogP contribution in [0.25, 0.3) is 0 Å². The molecule has 106 valence electrons. The fourth-order valence-electron chi connectivity index (χ4n) is 4.44. The molecule has 0 spiro atoms. The second-order valence-electron chi connectivity index (χ2n) is 7.43. The third kappa shape index (κ3) is 2.76. The van der Waals surface area contributed by atoms with E-state index in [-0.39, 0.29) is 0 Å². The molecule has 0 amide bonds. The van der Waals surface area contributed by atoms with Crippen LogP contribution in [0.3, 0.4) is 0 Å². The van der Waals surface area contributed by atoms with Gasteiger partial charge in [0.1, 0.15) is 0 Å². The van der Waals surface area contributed by atoms with E-state index >= 15 is 0 Å². The van der Waals surface area contributed by atoms with Crippen molar-refractivity contribution in [3.05, 3.63) is 0 Å². The van der Waals surface area contributed by atoms with Crippen LogP contribution in [-0.2, 0) is 0 Å². The van der Waals surface area contributed by atoms with Crippen molar-refractivity contribution in [2.75, 3.05) is 6.54 Å². The van der Waals surface area contributed by atoms with E-state index in [4.69, 9.17) is 0 Å². The lowest BCUT2D eigenvalue weighted by atomic mass is 9.45. The van der Waals surface area contributed by atoms with Crippen LogP contribution in [-0.4, -0.2) is 12.6 Å². The summed E-state index contributed by atoms with van der Waals surface area (Å²) in [6.45, 7) is 11.0. The van der Waals surface area contributed by atoms with Crippen LogP contribution in [0.15, 0.2) is 0 Å². The molecule has 3 saturated carbocycles. The molecule has 1 heteroatoms. The van der Waals surface area contributed by atoms with Gasteiger partial charge in [-0.25, -0.2) is 0 Å². The van der Waals surface area contributed by atoms with Crippen LogP contribution in [0.4, 0.5) is 0 Å². The van der Waals surface area contributed by atoms with E-state index < -0.39 is 0 Å². The Morgan fingerprint density at radius 3 is 2.39 bits per heavy atom. The number of rotatable bonds is 7. The highest BCUT2D eigenvalue weighted by atomic mass is 14.9. The van der Waals surface area contributed by atoms with E-state index in [0.717, 1.165) is 23.8 Å². The van der Waals surface area contributed by atoms with Gasteiger partial charge < -0.3 is 5.32 Å². The molecule has 3 aliphatic carbocycles. The molecular weight excluding hydrogens is 218 g/mol. The minimum absolute atomic E-state index is 0.638. The number of hydrogen-bond acceptors (Lipinski definition) is 1. The van der Waals surface area contributed by atoms with Gasteiger partial charge in [0.25, 0.3) is 0 Å². The van der Waals surface area contributed by atoms with E-state index in [2.05, 4.69) is 33.0 Å². The standard InChI is InChI=1S/C17H33N/c1-5-6-7-8-9-10-18-16-12-14-11-15(13(16)2)17(14,3)4/h13-16,18H,5-12H2,1-4H3/t13-,14-,15-,16-/m0/s1. The van der Waals surface area contributed by atoms with Crippen LogP contribution in [0.2, 0.25) is 0 Å². The Morgan fingerprint density at radius 2 is 1.78 bits per heavy atom. The SMILES string of the molecule is CCCCCCCN[C@H]1C[C@@H]2C[C@@H]([C@@H]1C)C2(C)C. The zero-order chi connectivity index (χ0) is 13.2. The summed E-state index contributed by atoms with van der Waals surface area (Å²) >= 11 is 0. The number of unbranched alkanes of at least 4 members (excludes halogenated alkanes) is 4. The van der Waals surface area contributed by atoms with E-state index in [1.807, 2.05) is 0 Å². The Morgan fingerprint density at radius 1 is 1.06 bits per heavy atom. The largest absolute Gasteiger partial charge is 0.314 e. The summed E-state index contributed by atoms with van der Waals surface area (Å²) in [5.41, 5.74) is 0.638. The van der Waals surface area contributed by atoms with Gasteiger partial charge in [-0.1, -0.05) is 53.4 Å². The van der Waals surface area contributed by atoms with Crippen LogP contribution in [0.5, 0.6) is 0 Å². The molecule has 1 N–H and O–H groups in total. The lowest BCUT2D eigenvalue weighted by molar-refractivity contribution is -0.114. The summed E-state index contributed by atoms with van der Waals surface area (Å²) in [4.78, 5) is 0. The Hall–Kier alpha value is -0.0400. The highest BCUT2D eigenvalue weighted by Crippen LogP contribution is 2.61. The van der Waals surface area contributed by atoms with Crippen LogP contribution in [0.1, 0.15) is 72.6 Å². The summed E-state index contributed by atoms with van der Waals surface area (Å²) in [6.07, 6.45) is 9.92. The highest BCUT2D eigenvalue weighted by Gasteiger charge is 2.55. The van der Waals surface area contributed by atoms with Crippen molar-refractivity contribution in [3.8, 4) is 0 Å². The normalized spacial score (nSPS) is 37.3. The summed E-state index contributed by atoms with van der Waals surface area (Å²) in [6, 6.07) is 0.813. The summed E-state index contributed by atoms with van der Waals surface area (Å²) < 4.78 is 0. The molecule has 0 aromatic rings. The predicted molar refractivity (Wildman–Crippen MR) is 79.7 cm³/mol. The Kier molecular flexibility index (Phi) is 4.75. The molecule has 18 heavy (non-hydrogen) atoms. The van der Waals surface area contributed by atoms with Crippen LogP contribution in [0, 0.1) is 23.2 Å². The minimum Gasteiger partial charge on any atom is -0.314 e.